The molecule has 5 rings (SSSR count). The van der Waals surface area contributed by atoms with Gasteiger partial charge in [-0.05, 0) is 66.2 Å². The zero-order valence-electron chi connectivity index (χ0n) is 20.8. The van der Waals surface area contributed by atoms with Crippen molar-refractivity contribution in [3.63, 3.8) is 0 Å². The predicted octanol–water partition coefficient (Wildman–Crippen LogP) is 3.70. The van der Waals surface area contributed by atoms with Gasteiger partial charge in [-0.2, -0.15) is 0 Å². The smallest absolute Gasteiger partial charge is 0.0924 e. The van der Waals surface area contributed by atoms with Crippen LogP contribution in [-0.4, -0.2) is 27.2 Å². The first-order valence-electron chi connectivity index (χ1n) is 12.5. The monoisotopic (exact) mass is 495 g/mol. The molecule has 5 nitrogen and oxygen atoms in total. The molecule has 0 aliphatic carbocycles. The van der Waals surface area contributed by atoms with Gasteiger partial charge < -0.3 is 4.98 Å². The van der Waals surface area contributed by atoms with E-state index in [9.17, 15) is 0 Å². The number of rotatable bonds is 8. The first-order chi connectivity index (χ1) is 17.5. The second kappa shape index (κ2) is 10.6. The van der Waals surface area contributed by atoms with Crippen LogP contribution in [0.1, 0.15) is 50.1 Å². The normalized spacial score (nSPS) is 15.1. The SMILES string of the molecule is C=c1ccnc2c1=NCC(CC1=NC(CC(C)CCc3cccnc3)=c3c(Cl)c(CC)[nH]c3=C=C1)=C2. The van der Waals surface area contributed by atoms with E-state index in [2.05, 4.69) is 53.3 Å². The summed E-state index contributed by atoms with van der Waals surface area (Å²) in [5.41, 5.74) is 9.76. The van der Waals surface area contributed by atoms with E-state index in [-0.39, 0.29) is 0 Å². The molecule has 0 radical (unpaired) electrons. The number of aromatic nitrogens is 3. The highest BCUT2D eigenvalue weighted by atomic mass is 35.5. The standard InChI is InChI=1S/C30H30ClN5/c1-4-24-29(31)28-25(36-24)10-9-23(15-22-16-27-30(34-18-22)20(3)11-13-33-27)35-26(28)14-19(2)7-8-21-6-5-12-32-17-21/h5-6,9,11-13,16-17,19,36H,3-4,7-8,14-15,18H2,1-2H3. The minimum atomic E-state index is 0.433. The van der Waals surface area contributed by atoms with E-state index in [1.54, 1.807) is 6.20 Å². The summed E-state index contributed by atoms with van der Waals surface area (Å²) in [5.74, 6) is 0.433. The van der Waals surface area contributed by atoms with Crippen molar-refractivity contribution in [3.05, 3.63) is 91.6 Å². The van der Waals surface area contributed by atoms with Gasteiger partial charge in [-0.1, -0.05) is 43.8 Å². The summed E-state index contributed by atoms with van der Waals surface area (Å²) in [6.07, 6.45) is 14.1. The maximum absolute atomic E-state index is 6.85. The number of halogens is 1. The number of aromatic amines is 1. The molecular formula is C30H30ClN5. The lowest BCUT2D eigenvalue weighted by Gasteiger charge is -2.14. The minimum Gasteiger partial charge on any atom is -0.351 e. The Kier molecular flexibility index (Phi) is 7.13. The Morgan fingerprint density at radius 2 is 2.14 bits per heavy atom. The fraction of sp³-hybridized carbons (Fsp3) is 0.300. The van der Waals surface area contributed by atoms with Crippen molar-refractivity contribution < 1.29 is 0 Å². The number of allylic oxidation sites excluding steroid dienone is 1. The summed E-state index contributed by atoms with van der Waals surface area (Å²) in [6, 6.07) is 6.02. The number of aryl methyl sites for hydroxylation is 2. The molecule has 0 spiro atoms. The van der Waals surface area contributed by atoms with E-state index in [1.165, 1.54) is 11.1 Å². The van der Waals surface area contributed by atoms with Gasteiger partial charge >= 0.3 is 0 Å². The second-order valence-corrected chi connectivity index (χ2v) is 9.95. The van der Waals surface area contributed by atoms with Gasteiger partial charge in [0, 0.05) is 42.0 Å². The predicted molar refractivity (Wildman–Crippen MR) is 148 cm³/mol. The van der Waals surface area contributed by atoms with Crippen molar-refractivity contribution >= 4 is 41.4 Å². The Bertz CT molecular complexity index is 1620. The molecule has 1 atom stereocenters. The zero-order chi connectivity index (χ0) is 25.1. The number of aliphatic imine (C=N–C) groups is 1. The highest BCUT2D eigenvalue weighted by molar-refractivity contribution is 6.31. The average Bonchev–Trinajstić information content (AvgIpc) is 3.11. The van der Waals surface area contributed by atoms with Gasteiger partial charge in [0.2, 0.25) is 0 Å². The number of hydrogen-bond donors (Lipinski definition) is 1. The number of hydrogen-bond acceptors (Lipinski definition) is 4. The lowest BCUT2D eigenvalue weighted by Crippen LogP contribution is -2.30. The third-order valence-corrected chi connectivity index (χ3v) is 7.15. The van der Waals surface area contributed by atoms with Crippen LogP contribution in [0.5, 0.6) is 0 Å². The molecule has 0 fully saturated rings. The molecule has 3 aromatic rings. The third kappa shape index (κ3) is 5.18. The first kappa shape index (κ1) is 24.2. The lowest BCUT2D eigenvalue weighted by atomic mass is 9.96. The fourth-order valence-corrected chi connectivity index (χ4v) is 5.14. The van der Waals surface area contributed by atoms with E-state index >= 15 is 0 Å². The summed E-state index contributed by atoms with van der Waals surface area (Å²) < 4.78 is 0. The Balaban J connectivity index is 1.45. The molecule has 0 saturated carbocycles. The van der Waals surface area contributed by atoms with Crippen LogP contribution in [0.3, 0.4) is 0 Å². The van der Waals surface area contributed by atoms with Crippen molar-refractivity contribution in [1.82, 2.24) is 15.0 Å². The Morgan fingerprint density at radius 3 is 2.94 bits per heavy atom. The third-order valence-electron chi connectivity index (χ3n) is 6.73. The van der Waals surface area contributed by atoms with E-state index in [0.717, 1.165) is 74.6 Å². The molecule has 5 heterocycles. The van der Waals surface area contributed by atoms with Gasteiger partial charge in [-0.15, -0.1) is 0 Å². The molecule has 36 heavy (non-hydrogen) atoms. The maximum Gasteiger partial charge on any atom is 0.0924 e. The molecule has 3 aromatic heterocycles. The van der Waals surface area contributed by atoms with Gasteiger partial charge in [-0.25, -0.2) is 0 Å². The number of pyridine rings is 2. The highest BCUT2D eigenvalue weighted by Crippen LogP contribution is 2.22. The minimum absolute atomic E-state index is 0.433. The topological polar surface area (TPSA) is 66.3 Å². The number of H-pyrrole nitrogens is 1. The van der Waals surface area contributed by atoms with Gasteiger partial charge in [0.05, 0.1) is 39.4 Å². The summed E-state index contributed by atoms with van der Waals surface area (Å²) in [4.78, 5) is 22.1. The van der Waals surface area contributed by atoms with Crippen LogP contribution in [0.2, 0.25) is 5.02 Å². The average molecular weight is 496 g/mol. The van der Waals surface area contributed by atoms with E-state index in [0.29, 0.717) is 18.9 Å². The van der Waals surface area contributed by atoms with Crippen LogP contribution in [0, 0.1) is 5.92 Å². The quantitative estimate of drug-likeness (QED) is 0.518. The zero-order valence-corrected chi connectivity index (χ0v) is 21.6. The molecule has 182 valence electrons. The van der Waals surface area contributed by atoms with Crippen LogP contribution < -0.4 is 21.1 Å². The number of nitrogens with zero attached hydrogens (tertiary/aromatic N) is 4. The van der Waals surface area contributed by atoms with E-state index in [4.69, 9.17) is 21.6 Å². The second-order valence-electron chi connectivity index (χ2n) is 9.57. The van der Waals surface area contributed by atoms with Crippen molar-refractivity contribution in [3.8, 4) is 0 Å². The molecule has 1 unspecified atom stereocenters. The molecule has 2 aliphatic heterocycles. The Hall–Kier alpha value is -3.53. The molecule has 2 aliphatic rings. The van der Waals surface area contributed by atoms with E-state index < -0.39 is 0 Å². The molecule has 0 amide bonds. The lowest BCUT2D eigenvalue weighted by molar-refractivity contribution is 0.543. The highest BCUT2D eigenvalue weighted by Gasteiger charge is 2.16. The molecule has 6 heteroatoms. The van der Waals surface area contributed by atoms with Gasteiger partial charge in [0.25, 0.3) is 0 Å². The number of nitrogens with one attached hydrogen (secondary N) is 1. The number of fused-ring (bicyclic) bond motifs is 2. The summed E-state index contributed by atoms with van der Waals surface area (Å²) in [5, 5.41) is 4.46. The van der Waals surface area contributed by atoms with Gasteiger partial charge in [0.1, 0.15) is 0 Å². The van der Waals surface area contributed by atoms with Crippen molar-refractivity contribution in [2.45, 2.75) is 46.0 Å². The van der Waals surface area contributed by atoms with Gasteiger partial charge in [0.15, 0.2) is 0 Å². The Labute approximate surface area is 216 Å². The fourth-order valence-electron chi connectivity index (χ4n) is 4.76. The molecular weight excluding hydrogens is 466 g/mol. The molecule has 0 aromatic carbocycles. The summed E-state index contributed by atoms with van der Waals surface area (Å²) in [6.45, 7) is 9.08. The largest absolute Gasteiger partial charge is 0.351 e. The molecule has 0 saturated heterocycles. The van der Waals surface area contributed by atoms with Crippen LogP contribution in [0.4, 0.5) is 0 Å². The molecule has 1 N–H and O–H groups in total. The van der Waals surface area contributed by atoms with Crippen molar-refractivity contribution in [2.24, 2.45) is 15.9 Å². The summed E-state index contributed by atoms with van der Waals surface area (Å²) in [7, 11) is 0. The van der Waals surface area contributed by atoms with Crippen LogP contribution in [0.25, 0.3) is 24.1 Å². The first-order valence-corrected chi connectivity index (χ1v) is 12.9. The van der Waals surface area contributed by atoms with Crippen molar-refractivity contribution in [1.29, 1.82) is 0 Å². The molecule has 0 bridgehead atoms. The maximum atomic E-state index is 6.85. The van der Waals surface area contributed by atoms with Crippen LogP contribution >= 0.6 is 11.6 Å². The van der Waals surface area contributed by atoms with E-state index in [1.807, 2.05) is 30.6 Å². The van der Waals surface area contributed by atoms with Crippen LogP contribution in [0.15, 0.2) is 58.4 Å². The Morgan fingerprint density at radius 1 is 1.25 bits per heavy atom. The van der Waals surface area contributed by atoms with Crippen LogP contribution in [-0.2, 0) is 12.8 Å². The van der Waals surface area contributed by atoms with Gasteiger partial charge in [-0.3, -0.25) is 20.0 Å². The summed E-state index contributed by atoms with van der Waals surface area (Å²) >= 11 is 6.85. The van der Waals surface area contributed by atoms with Crippen molar-refractivity contribution in [2.75, 3.05) is 6.54 Å².